The van der Waals surface area contributed by atoms with Gasteiger partial charge in [-0.15, -0.1) is 11.8 Å². The van der Waals surface area contributed by atoms with E-state index in [2.05, 4.69) is 15.3 Å². The fourth-order valence-electron chi connectivity index (χ4n) is 1.18. The zero-order chi connectivity index (χ0) is 12.0. The van der Waals surface area contributed by atoms with Crippen LogP contribution in [0.2, 0.25) is 0 Å². The molecule has 90 valence electrons. The van der Waals surface area contributed by atoms with Gasteiger partial charge in [0.1, 0.15) is 11.6 Å². The van der Waals surface area contributed by atoms with Gasteiger partial charge in [-0.25, -0.2) is 0 Å². The van der Waals surface area contributed by atoms with Crippen molar-refractivity contribution in [2.24, 2.45) is 0 Å². The molecule has 0 bridgehead atoms. The third-order valence-electron chi connectivity index (χ3n) is 1.89. The Hall–Kier alpha value is -1.08. The minimum Gasteiger partial charge on any atom is -0.385 e. The van der Waals surface area contributed by atoms with E-state index in [0.717, 1.165) is 6.42 Å². The van der Waals surface area contributed by atoms with Gasteiger partial charge in [0.2, 0.25) is 0 Å². The Morgan fingerprint density at radius 1 is 1.50 bits per heavy atom. The van der Waals surface area contributed by atoms with Gasteiger partial charge in [-0.2, -0.15) is 14.4 Å². The Bertz CT molecular complexity index is 351. The molecule has 1 aromatic heterocycles. The quantitative estimate of drug-likeness (QED) is 0.448. The molecule has 0 aliphatic carbocycles. The van der Waals surface area contributed by atoms with Gasteiger partial charge >= 0.3 is 6.08 Å². The van der Waals surface area contributed by atoms with Crippen molar-refractivity contribution >= 4 is 23.4 Å². The Labute approximate surface area is 98.0 Å². The van der Waals surface area contributed by atoms with Crippen LogP contribution in [0.3, 0.4) is 0 Å². The molecule has 0 radical (unpaired) electrons. The Morgan fingerprint density at radius 3 is 2.88 bits per heavy atom. The van der Waals surface area contributed by atoms with E-state index in [9.17, 15) is 4.39 Å². The molecule has 7 heteroatoms. The summed E-state index contributed by atoms with van der Waals surface area (Å²) in [6.07, 6.45) is 1.84. The van der Waals surface area contributed by atoms with Crippen molar-refractivity contribution in [3.8, 4) is 0 Å². The summed E-state index contributed by atoms with van der Waals surface area (Å²) in [7, 11) is 1.63. The molecule has 0 saturated heterocycles. The molecular formula is C9H15FN4OS. The second-order valence-electron chi connectivity index (χ2n) is 3.03. The number of hydrogen-bond donors (Lipinski definition) is 2. The standard InChI is InChI=1S/C9H15FN4OS/c1-15-5-3-4-12-8-6(16-2)7(11)13-9(10)14-8/h3-5H2,1-2H3,(H3,11,12,13,14). The first-order chi connectivity index (χ1) is 7.69. The smallest absolute Gasteiger partial charge is 0.312 e. The summed E-state index contributed by atoms with van der Waals surface area (Å²) in [5.74, 6) is 0.600. The van der Waals surface area contributed by atoms with Crippen molar-refractivity contribution in [1.82, 2.24) is 9.97 Å². The zero-order valence-corrected chi connectivity index (χ0v) is 10.1. The number of nitrogen functional groups attached to an aromatic ring is 1. The Balaban J connectivity index is 2.69. The Morgan fingerprint density at radius 2 is 2.25 bits per heavy atom. The minimum absolute atomic E-state index is 0.161. The molecule has 0 amide bonds. The zero-order valence-electron chi connectivity index (χ0n) is 9.29. The van der Waals surface area contributed by atoms with Crippen LogP contribution in [0.25, 0.3) is 0 Å². The number of halogens is 1. The highest BCUT2D eigenvalue weighted by molar-refractivity contribution is 7.98. The van der Waals surface area contributed by atoms with Crippen LogP contribution in [0.4, 0.5) is 16.0 Å². The van der Waals surface area contributed by atoms with Crippen LogP contribution in [-0.2, 0) is 4.74 Å². The summed E-state index contributed by atoms with van der Waals surface area (Å²) in [5, 5.41) is 3.01. The van der Waals surface area contributed by atoms with E-state index in [0.29, 0.717) is 23.9 Å². The largest absolute Gasteiger partial charge is 0.385 e. The molecule has 0 saturated carbocycles. The molecule has 1 heterocycles. The number of nitrogens with two attached hydrogens (primary N) is 1. The van der Waals surface area contributed by atoms with Gasteiger partial charge in [-0.05, 0) is 12.7 Å². The van der Waals surface area contributed by atoms with Crippen LogP contribution >= 0.6 is 11.8 Å². The lowest BCUT2D eigenvalue weighted by molar-refractivity contribution is 0.197. The van der Waals surface area contributed by atoms with Gasteiger partial charge in [-0.3, -0.25) is 0 Å². The van der Waals surface area contributed by atoms with E-state index >= 15 is 0 Å². The molecule has 0 fully saturated rings. The summed E-state index contributed by atoms with van der Waals surface area (Å²) in [6.45, 7) is 1.29. The van der Waals surface area contributed by atoms with Gasteiger partial charge in [0.15, 0.2) is 0 Å². The van der Waals surface area contributed by atoms with Crippen molar-refractivity contribution in [3.63, 3.8) is 0 Å². The molecule has 0 aliphatic heterocycles. The van der Waals surface area contributed by atoms with Crippen molar-refractivity contribution in [3.05, 3.63) is 6.08 Å². The third-order valence-corrected chi connectivity index (χ3v) is 2.70. The summed E-state index contributed by atoms with van der Waals surface area (Å²) in [6, 6.07) is 0. The number of ether oxygens (including phenoxy) is 1. The maximum Gasteiger partial charge on any atom is 0.312 e. The van der Waals surface area contributed by atoms with Gasteiger partial charge in [-0.1, -0.05) is 0 Å². The van der Waals surface area contributed by atoms with Crippen molar-refractivity contribution < 1.29 is 9.13 Å². The summed E-state index contributed by atoms with van der Waals surface area (Å²) in [4.78, 5) is 7.80. The molecule has 1 aromatic rings. The average Bonchev–Trinajstić information content (AvgIpc) is 2.24. The molecule has 0 spiro atoms. The fourth-order valence-corrected chi connectivity index (χ4v) is 1.75. The van der Waals surface area contributed by atoms with Gasteiger partial charge < -0.3 is 15.8 Å². The highest BCUT2D eigenvalue weighted by Gasteiger charge is 2.10. The first-order valence-electron chi connectivity index (χ1n) is 4.78. The summed E-state index contributed by atoms with van der Waals surface area (Å²) < 4.78 is 17.9. The molecule has 1 rings (SSSR count). The van der Waals surface area contributed by atoms with E-state index in [1.807, 2.05) is 6.26 Å². The molecule has 16 heavy (non-hydrogen) atoms. The molecular weight excluding hydrogens is 231 g/mol. The molecule has 3 N–H and O–H groups in total. The summed E-state index contributed by atoms with van der Waals surface area (Å²) >= 11 is 1.38. The lowest BCUT2D eigenvalue weighted by atomic mass is 10.4. The average molecular weight is 246 g/mol. The number of rotatable bonds is 6. The fraction of sp³-hybridized carbons (Fsp3) is 0.556. The first-order valence-corrected chi connectivity index (χ1v) is 6.01. The van der Waals surface area contributed by atoms with Crippen molar-refractivity contribution in [2.75, 3.05) is 37.6 Å². The van der Waals surface area contributed by atoms with Gasteiger partial charge in [0, 0.05) is 20.3 Å². The molecule has 0 aromatic carbocycles. The predicted octanol–water partition coefficient (Wildman–Crippen LogP) is 1.37. The van der Waals surface area contributed by atoms with Gasteiger partial charge in [0.25, 0.3) is 0 Å². The molecule has 0 aliphatic rings. The predicted molar refractivity (Wildman–Crippen MR) is 63.2 cm³/mol. The number of methoxy groups -OCH3 is 1. The number of hydrogen-bond acceptors (Lipinski definition) is 6. The first kappa shape index (κ1) is 13.0. The number of anilines is 2. The van der Waals surface area contributed by atoms with Crippen molar-refractivity contribution in [2.45, 2.75) is 11.3 Å². The third kappa shape index (κ3) is 3.49. The second-order valence-corrected chi connectivity index (χ2v) is 3.85. The Kier molecular flexibility index (Phi) is 5.27. The van der Waals surface area contributed by atoms with Crippen LogP contribution in [0.15, 0.2) is 4.90 Å². The van der Waals surface area contributed by atoms with E-state index in [1.165, 1.54) is 11.8 Å². The van der Waals surface area contributed by atoms with E-state index < -0.39 is 6.08 Å². The van der Waals surface area contributed by atoms with Gasteiger partial charge in [0.05, 0.1) is 4.90 Å². The highest BCUT2D eigenvalue weighted by Crippen LogP contribution is 2.27. The van der Waals surface area contributed by atoms with Crippen LogP contribution in [0.5, 0.6) is 0 Å². The monoisotopic (exact) mass is 246 g/mol. The minimum atomic E-state index is -0.815. The van der Waals surface area contributed by atoms with E-state index in [1.54, 1.807) is 7.11 Å². The SMILES string of the molecule is COCCCNc1nc(F)nc(N)c1SC. The normalized spacial score (nSPS) is 10.4. The van der Waals surface area contributed by atoms with E-state index in [4.69, 9.17) is 10.5 Å². The maximum atomic E-state index is 12.9. The van der Waals surface area contributed by atoms with Crippen LogP contribution in [0.1, 0.15) is 6.42 Å². The lowest BCUT2D eigenvalue weighted by Gasteiger charge is -2.10. The number of thioether (sulfide) groups is 1. The topological polar surface area (TPSA) is 73.1 Å². The molecule has 0 unspecified atom stereocenters. The molecule has 0 atom stereocenters. The second kappa shape index (κ2) is 6.49. The highest BCUT2D eigenvalue weighted by atomic mass is 32.2. The molecule has 5 nitrogen and oxygen atoms in total. The summed E-state index contributed by atoms with van der Waals surface area (Å²) in [5.41, 5.74) is 5.59. The van der Waals surface area contributed by atoms with Crippen LogP contribution in [0, 0.1) is 6.08 Å². The maximum absolute atomic E-state index is 12.9. The number of aromatic nitrogens is 2. The number of nitrogens with zero attached hydrogens (tertiary/aromatic N) is 2. The van der Waals surface area contributed by atoms with Crippen LogP contribution in [-0.4, -0.2) is 36.5 Å². The van der Waals surface area contributed by atoms with Crippen LogP contribution < -0.4 is 11.1 Å². The number of nitrogens with one attached hydrogen (secondary N) is 1. The van der Waals surface area contributed by atoms with Crippen molar-refractivity contribution in [1.29, 1.82) is 0 Å². The van der Waals surface area contributed by atoms with E-state index in [-0.39, 0.29) is 5.82 Å². The lowest BCUT2D eigenvalue weighted by Crippen LogP contribution is -2.10.